The van der Waals surface area contributed by atoms with Gasteiger partial charge < -0.3 is 10.2 Å². The molecule has 2 aromatic heterocycles. The van der Waals surface area contributed by atoms with Crippen LogP contribution in [0, 0.1) is 13.8 Å². The molecule has 0 fully saturated rings. The number of nitrogens with one attached hydrogen (secondary N) is 1. The first-order valence-electron chi connectivity index (χ1n) is 6.75. The number of aromatic nitrogens is 2. The number of nitrogen functional groups attached to an aromatic ring is 1. The zero-order valence-corrected chi connectivity index (χ0v) is 13.5. The molecule has 110 valence electrons. The molecule has 2 aromatic rings. The van der Waals surface area contributed by atoms with Gasteiger partial charge in [0.05, 0.1) is 11.0 Å². The van der Waals surface area contributed by atoms with E-state index in [4.69, 9.17) is 10.6 Å². The van der Waals surface area contributed by atoms with Gasteiger partial charge in [-0.25, -0.2) is 15.8 Å². The standard InChI is InChI=1S/C14H22N4OS/c1-6-14(4,5)19-7-10-16-12(18-15)11-8(2)9(3)20-13(11)17-10/h6-7,15H2,1-5H3,(H,16,17,18). The molecule has 0 aromatic carbocycles. The van der Waals surface area contributed by atoms with E-state index >= 15 is 0 Å². The number of fused-ring (bicyclic) bond motifs is 1. The van der Waals surface area contributed by atoms with Crippen LogP contribution >= 0.6 is 11.3 Å². The highest BCUT2D eigenvalue weighted by Gasteiger charge is 2.18. The zero-order valence-electron chi connectivity index (χ0n) is 12.7. The van der Waals surface area contributed by atoms with E-state index in [-0.39, 0.29) is 5.60 Å². The van der Waals surface area contributed by atoms with E-state index in [0.29, 0.717) is 18.2 Å². The minimum absolute atomic E-state index is 0.171. The predicted octanol–water partition coefficient (Wildman–Crippen LogP) is 3.30. The number of nitrogens with two attached hydrogens (primary N) is 1. The lowest BCUT2D eigenvalue weighted by atomic mass is 10.1. The molecular weight excluding hydrogens is 272 g/mol. The molecule has 0 aliphatic heterocycles. The Kier molecular flexibility index (Phi) is 4.27. The molecule has 0 bridgehead atoms. The second-order valence-corrected chi connectivity index (χ2v) is 6.70. The first-order chi connectivity index (χ1) is 9.38. The topological polar surface area (TPSA) is 73.1 Å². The van der Waals surface area contributed by atoms with E-state index in [9.17, 15) is 0 Å². The normalized spacial score (nSPS) is 12.1. The lowest BCUT2D eigenvalue weighted by Crippen LogP contribution is -2.23. The predicted molar refractivity (Wildman–Crippen MR) is 83.9 cm³/mol. The van der Waals surface area contributed by atoms with E-state index < -0.39 is 0 Å². The minimum atomic E-state index is -0.171. The number of aryl methyl sites for hydroxylation is 2. The molecule has 20 heavy (non-hydrogen) atoms. The number of rotatable bonds is 5. The van der Waals surface area contributed by atoms with Gasteiger partial charge in [0.25, 0.3) is 0 Å². The molecule has 0 radical (unpaired) electrons. The number of anilines is 1. The van der Waals surface area contributed by atoms with Crippen LogP contribution in [0.3, 0.4) is 0 Å². The van der Waals surface area contributed by atoms with Gasteiger partial charge in [-0.3, -0.25) is 0 Å². The first kappa shape index (κ1) is 15.2. The number of ether oxygens (including phenoxy) is 1. The van der Waals surface area contributed by atoms with E-state index in [1.54, 1.807) is 11.3 Å². The molecule has 0 aliphatic carbocycles. The Balaban J connectivity index is 2.37. The summed E-state index contributed by atoms with van der Waals surface area (Å²) >= 11 is 1.66. The lowest BCUT2D eigenvalue weighted by Gasteiger charge is -2.22. The van der Waals surface area contributed by atoms with Crippen molar-refractivity contribution in [1.29, 1.82) is 0 Å². The number of hydrogen-bond donors (Lipinski definition) is 2. The van der Waals surface area contributed by atoms with E-state index in [1.165, 1.54) is 10.4 Å². The van der Waals surface area contributed by atoms with E-state index in [1.807, 2.05) is 0 Å². The molecule has 2 rings (SSSR count). The van der Waals surface area contributed by atoms with Crippen molar-refractivity contribution in [1.82, 2.24) is 9.97 Å². The summed E-state index contributed by atoms with van der Waals surface area (Å²) in [4.78, 5) is 11.2. The molecule has 0 amide bonds. The molecule has 0 spiro atoms. The van der Waals surface area contributed by atoms with Gasteiger partial charge in [0.15, 0.2) is 11.6 Å². The summed E-state index contributed by atoms with van der Waals surface area (Å²) in [7, 11) is 0. The zero-order chi connectivity index (χ0) is 14.9. The lowest BCUT2D eigenvalue weighted by molar-refractivity contribution is -0.0343. The number of hydrazine groups is 1. The van der Waals surface area contributed by atoms with Gasteiger partial charge in [-0.15, -0.1) is 11.3 Å². The number of nitrogens with zero attached hydrogens (tertiary/aromatic N) is 2. The Bertz CT molecular complexity index is 621. The van der Waals surface area contributed by atoms with Crippen molar-refractivity contribution in [2.45, 2.75) is 53.2 Å². The van der Waals surface area contributed by atoms with Crippen molar-refractivity contribution in [3.05, 3.63) is 16.3 Å². The van der Waals surface area contributed by atoms with Crippen molar-refractivity contribution in [3.8, 4) is 0 Å². The van der Waals surface area contributed by atoms with Crippen LogP contribution in [0.25, 0.3) is 10.2 Å². The Hall–Kier alpha value is -1.24. The van der Waals surface area contributed by atoms with E-state index in [2.05, 4.69) is 50.0 Å². The van der Waals surface area contributed by atoms with Crippen molar-refractivity contribution in [2.24, 2.45) is 5.84 Å². The molecular formula is C14H22N4OS. The summed E-state index contributed by atoms with van der Waals surface area (Å²) in [5.74, 6) is 6.93. The SMILES string of the molecule is CCC(C)(C)OCc1nc(NN)c2c(C)c(C)sc2n1. The number of hydrogen-bond acceptors (Lipinski definition) is 6. The second-order valence-electron chi connectivity index (χ2n) is 5.50. The smallest absolute Gasteiger partial charge is 0.158 e. The van der Waals surface area contributed by atoms with Crippen LogP contribution < -0.4 is 11.3 Å². The van der Waals surface area contributed by atoms with Gasteiger partial charge in [-0.05, 0) is 39.7 Å². The van der Waals surface area contributed by atoms with Crippen LogP contribution in [0.5, 0.6) is 0 Å². The maximum absolute atomic E-state index is 5.86. The van der Waals surface area contributed by atoms with Gasteiger partial charge in [-0.1, -0.05) is 6.92 Å². The molecule has 5 nitrogen and oxygen atoms in total. The maximum Gasteiger partial charge on any atom is 0.158 e. The minimum Gasteiger partial charge on any atom is -0.368 e. The Morgan fingerprint density at radius 2 is 2.00 bits per heavy atom. The summed E-state index contributed by atoms with van der Waals surface area (Å²) in [5, 5.41) is 1.01. The molecule has 2 heterocycles. The molecule has 3 N–H and O–H groups in total. The van der Waals surface area contributed by atoms with Crippen LogP contribution in [-0.2, 0) is 11.3 Å². The van der Waals surface area contributed by atoms with Crippen molar-refractivity contribution >= 4 is 27.4 Å². The van der Waals surface area contributed by atoms with Crippen molar-refractivity contribution in [2.75, 3.05) is 5.43 Å². The average Bonchev–Trinajstić information content (AvgIpc) is 2.71. The summed E-state index contributed by atoms with van der Waals surface area (Å²) in [5.41, 5.74) is 3.68. The van der Waals surface area contributed by atoms with Gasteiger partial charge in [0.1, 0.15) is 11.4 Å². The second kappa shape index (κ2) is 5.63. The third-order valence-electron chi connectivity index (χ3n) is 3.66. The van der Waals surface area contributed by atoms with Gasteiger partial charge >= 0.3 is 0 Å². The third-order valence-corrected chi connectivity index (χ3v) is 4.76. The number of thiophene rings is 1. The Morgan fingerprint density at radius 3 is 2.60 bits per heavy atom. The summed E-state index contributed by atoms with van der Waals surface area (Å²) in [6, 6.07) is 0. The summed E-state index contributed by atoms with van der Waals surface area (Å²) in [6.45, 7) is 10.8. The first-order valence-corrected chi connectivity index (χ1v) is 7.56. The fraction of sp³-hybridized carbons (Fsp3) is 0.571. The Morgan fingerprint density at radius 1 is 1.30 bits per heavy atom. The van der Waals surface area contributed by atoms with Crippen LogP contribution in [0.4, 0.5) is 5.82 Å². The fourth-order valence-electron chi connectivity index (χ4n) is 1.82. The molecule has 0 unspecified atom stereocenters. The largest absolute Gasteiger partial charge is 0.368 e. The van der Waals surface area contributed by atoms with Gasteiger partial charge in [0, 0.05) is 4.88 Å². The van der Waals surface area contributed by atoms with Crippen LogP contribution in [0.15, 0.2) is 0 Å². The molecule has 0 atom stereocenters. The van der Waals surface area contributed by atoms with Crippen LogP contribution in [-0.4, -0.2) is 15.6 Å². The highest BCUT2D eigenvalue weighted by atomic mass is 32.1. The van der Waals surface area contributed by atoms with E-state index in [0.717, 1.165) is 16.6 Å². The highest BCUT2D eigenvalue weighted by Crippen LogP contribution is 2.33. The monoisotopic (exact) mass is 294 g/mol. The average molecular weight is 294 g/mol. The van der Waals surface area contributed by atoms with Crippen molar-refractivity contribution in [3.63, 3.8) is 0 Å². The summed E-state index contributed by atoms with van der Waals surface area (Å²) < 4.78 is 5.86. The van der Waals surface area contributed by atoms with Crippen molar-refractivity contribution < 1.29 is 4.74 Å². The summed E-state index contributed by atoms with van der Waals surface area (Å²) in [6.07, 6.45) is 0.939. The molecule has 0 aliphatic rings. The van der Waals surface area contributed by atoms with Gasteiger partial charge in [-0.2, -0.15) is 0 Å². The quantitative estimate of drug-likeness (QED) is 0.654. The van der Waals surface area contributed by atoms with Gasteiger partial charge in [0.2, 0.25) is 0 Å². The molecule has 0 saturated heterocycles. The Labute approximate surface area is 123 Å². The van der Waals surface area contributed by atoms with Crippen LogP contribution in [0.2, 0.25) is 0 Å². The van der Waals surface area contributed by atoms with Crippen LogP contribution in [0.1, 0.15) is 43.5 Å². The molecule has 6 heteroatoms. The third kappa shape index (κ3) is 2.92. The highest BCUT2D eigenvalue weighted by molar-refractivity contribution is 7.18. The maximum atomic E-state index is 5.86. The fourth-order valence-corrected chi connectivity index (χ4v) is 2.87. The molecule has 0 saturated carbocycles.